The number of amides is 1. The molecule has 0 radical (unpaired) electrons. The molecule has 0 saturated carbocycles. The summed E-state index contributed by atoms with van der Waals surface area (Å²) in [6, 6.07) is 12.7. The number of fused-ring (bicyclic) bond motifs is 1. The maximum atomic E-state index is 12.6. The average Bonchev–Trinajstić information content (AvgIpc) is 3.53. The molecule has 2 aromatic carbocycles. The van der Waals surface area contributed by atoms with E-state index in [1.165, 1.54) is 4.90 Å². The SMILES string of the molecule is Cc1ccc(S(=O)(=O)OC[C@H]2CCN(c3c(Cl)cccc3CN3CC4CN(C(=O)O)CC4C3)C2)cc1. The van der Waals surface area contributed by atoms with Gasteiger partial charge in [-0.2, -0.15) is 8.42 Å². The van der Waals surface area contributed by atoms with E-state index >= 15 is 0 Å². The number of carboxylic acid groups (broad SMARTS) is 1. The summed E-state index contributed by atoms with van der Waals surface area (Å²) in [5.74, 6) is 0.850. The minimum Gasteiger partial charge on any atom is -0.465 e. The number of likely N-dealkylation sites (tertiary alicyclic amines) is 2. The Morgan fingerprint density at radius 2 is 1.75 bits per heavy atom. The van der Waals surface area contributed by atoms with Crippen molar-refractivity contribution >= 4 is 33.5 Å². The lowest BCUT2D eigenvalue weighted by atomic mass is 10.0. The van der Waals surface area contributed by atoms with Crippen molar-refractivity contribution in [2.75, 3.05) is 50.8 Å². The predicted octanol–water partition coefficient (Wildman–Crippen LogP) is 3.92. The van der Waals surface area contributed by atoms with E-state index in [4.69, 9.17) is 15.8 Å². The van der Waals surface area contributed by atoms with Crippen LogP contribution in [0.2, 0.25) is 5.02 Å². The van der Waals surface area contributed by atoms with Gasteiger partial charge in [-0.15, -0.1) is 0 Å². The number of carbonyl (C=O) groups is 1. The highest BCUT2D eigenvalue weighted by Gasteiger charge is 2.41. The number of benzene rings is 2. The van der Waals surface area contributed by atoms with Gasteiger partial charge in [0.1, 0.15) is 0 Å². The zero-order valence-corrected chi connectivity index (χ0v) is 21.9. The van der Waals surface area contributed by atoms with E-state index in [1.807, 2.05) is 19.1 Å². The third-order valence-electron chi connectivity index (χ3n) is 7.67. The Labute approximate surface area is 217 Å². The molecule has 2 aromatic rings. The van der Waals surface area contributed by atoms with Crippen LogP contribution >= 0.6 is 11.6 Å². The fraction of sp³-hybridized carbons (Fsp3) is 0.500. The van der Waals surface area contributed by atoms with Crippen molar-refractivity contribution in [1.82, 2.24) is 9.80 Å². The van der Waals surface area contributed by atoms with Crippen molar-refractivity contribution < 1.29 is 22.5 Å². The van der Waals surface area contributed by atoms with Crippen molar-refractivity contribution in [3.05, 3.63) is 58.6 Å². The molecule has 3 atom stereocenters. The van der Waals surface area contributed by atoms with Gasteiger partial charge in [-0.05, 0) is 48.9 Å². The lowest BCUT2D eigenvalue weighted by Gasteiger charge is -2.26. The monoisotopic (exact) mass is 533 g/mol. The van der Waals surface area contributed by atoms with Crippen LogP contribution in [0, 0.1) is 24.7 Å². The van der Waals surface area contributed by atoms with Gasteiger partial charge in [0.2, 0.25) is 0 Å². The molecule has 3 aliphatic rings. The first-order chi connectivity index (χ1) is 17.2. The topological polar surface area (TPSA) is 90.4 Å². The Bertz CT molecular complexity index is 1210. The second-order valence-electron chi connectivity index (χ2n) is 10.3. The summed E-state index contributed by atoms with van der Waals surface area (Å²) in [6.07, 6.45) is -0.000209. The zero-order valence-electron chi connectivity index (χ0n) is 20.3. The van der Waals surface area contributed by atoms with Crippen molar-refractivity contribution in [2.24, 2.45) is 17.8 Å². The molecule has 5 rings (SSSR count). The van der Waals surface area contributed by atoms with Crippen LogP contribution in [0.25, 0.3) is 0 Å². The van der Waals surface area contributed by atoms with E-state index in [0.29, 0.717) is 36.5 Å². The number of nitrogens with zero attached hydrogens (tertiary/aromatic N) is 3. The highest BCUT2D eigenvalue weighted by atomic mass is 35.5. The summed E-state index contributed by atoms with van der Waals surface area (Å²) < 4.78 is 30.6. The van der Waals surface area contributed by atoms with Gasteiger partial charge < -0.3 is 14.9 Å². The van der Waals surface area contributed by atoms with E-state index in [-0.39, 0.29) is 17.4 Å². The standard InChI is InChI=1S/C26H32ClN3O5S/c1-18-5-7-23(8-6-18)36(33,34)35-17-19-9-10-29(11-19)25-20(3-2-4-24(25)27)12-28-13-21-15-30(26(31)32)16-22(21)14-28/h2-8,19,21-22H,9-17H2,1H3,(H,31,32)/t19-,21?,22?/m0/s1. The summed E-state index contributed by atoms with van der Waals surface area (Å²) >= 11 is 6.68. The molecule has 3 aliphatic heterocycles. The Kier molecular flexibility index (Phi) is 7.18. The van der Waals surface area contributed by atoms with E-state index in [9.17, 15) is 18.3 Å². The van der Waals surface area contributed by atoms with Gasteiger partial charge in [-0.25, -0.2) is 4.79 Å². The Balaban J connectivity index is 1.20. The summed E-state index contributed by atoms with van der Waals surface area (Å²) in [6.45, 7) is 7.26. The van der Waals surface area contributed by atoms with Gasteiger partial charge in [0, 0.05) is 51.7 Å². The molecule has 2 unspecified atom stereocenters. The third-order valence-corrected chi connectivity index (χ3v) is 9.27. The third kappa shape index (κ3) is 5.34. The van der Waals surface area contributed by atoms with Crippen LogP contribution in [0.1, 0.15) is 17.5 Å². The molecule has 0 aliphatic carbocycles. The molecular weight excluding hydrogens is 502 g/mol. The van der Waals surface area contributed by atoms with Gasteiger partial charge in [0.15, 0.2) is 0 Å². The Hall–Kier alpha value is -2.33. The van der Waals surface area contributed by atoms with Crippen molar-refractivity contribution in [3.63, 3.8) is 0 Å². The largest absolute Gasteiger partial charge is 0.465 e. The first kappa shape index (κ1) is 25.3. The summed E-state index contributed by atoms with van der Waals surface area (Å²) in [4.78, 5) is 17.6. The molecule has 0 bridgehead atoms. The first-order valence-corrected chi connectivity index (χ1v) is 14.2. The van der Waals surface area contributed by atoms with E-state index in [0.717, 1.165) is 49.4 Å². The fourth-order valence-corrected chi connectivity index (χ4v) is 7.08. The van der Waals surface area contributed by atoms with Crippen LogP contribution in [0.4, 0.5) is 10.5 Å². The molecule has 8 nitrogen and oxygen atoms in total. The Morgan fingerprint density at radius 3 is 2.42 bits per heavy atom. The lowest BCUT2D eigenvalue weighted by Crippen LogP contribution is -2.32. The van der Waals surface area contributed by atoms with Gasteiger partial charge in [0.25, 0.3) is 10.1 Å². The van der Waals surface area contributed by atoms with Crippen LogP contribution in [-0.4, -0.2) is 75.3 Å². The van der Waals surface area contributed by atoms with Crippen LogP contribution in [0.5, 0.6) is 0 Å². The van der Waals surface area contributed by atoms with E-state index in [2.05, 4.69) is 15.9 Å². The zero-order chi connectivity index (χ0) is 25.4. The quantitative estimate of drug-likeness (QED) is 0.539. The molecular formula is C26H32ClN3O5S. The number of para-hydroxylation sites is 1. The molecule has 0 aromatic heterocycles. The number of rotatable bonds is 7. The molecule has 1 amide bonds. The number of hydrogen-bond donors (Lipinski definition) is 1. The second-order valence-corrected chi connectivity index (χ2v) is 12.3. The molecule has 0 spiro atoms. The smallest absolute Gasteiger partial charge is 0.407 e. The van der Waals surface area contributed by atoms with Crippen molar-refractivity contribution in [3.8, 4) is 0 Å². The van der Waals surface area contributed by atoms with E-state index in [1.54, 1.807) is 24.3 Å². The van der Waals surface area contributed by atoms with Gasteiger partial charge >= 0.3 is 6.09 Å². The van der Waals surface area contributed by atoms with Crippen LogP contribution in [-0.2, 0) is 20.8 Å². The van der Waals surface area contributed by atoms with Crippen LogP contribution in [0.15, 0.2) is 47.4 Å². The van der Waals surface area contributed by atoms with Gasteiger partial charge in [-0.1, -0.05) is 41.4 Å². The first-order valence-electron chi connectivity index (χ1n) is 12.4. The molecule has 3 saturated heterocycles. The van der Waals surface area contributed by atoms with Crippen LogP contribution < -0.4 is 4.90 Å². The molecule has 3 fully saturated rings. The maximum Gasteiger partial charge on any atom is 0.407 e. The normalized spacial score (nSPS) is 24.4. The number of hydrogen-bond acceptors (Lipinski definition) is 6. The minimum atomic E-state index is -3.79. The Morgan fingerprint density at radius 1 is 1.06 bits per heavy atom. The van der Waals surface area contributed by atoms with Gasteiger partial charge in [0.05, 0.1) is 22.2 Å². The number of anilines is 1. The fourth-order valence-electron chi connectivity index (χ4n) is 5.79. The molecule has 1 N–H and O–H groups in total. The minimum absolute atomic E-state index is 0.0856. The molecule has 10 heteroatoms. The average molecular weight is 534 g/mol. The summed E-state index contributed by atoms with van der Waals surface area (Å²) in [7, 11) is -3.79. The predicted molar refractivity (Wildman–Crippen MR) is 138 cm³/mol. The lowest BCUT2D eigenvalue weighted by molar-refractivity contribution is 0.148. The second kappa shape index (κ2) is 10.2. The number of aryl methyl sites for hydroxylation is 1. The molecule has 3 heterocycles. The van der Waals surface area contributed by atoms with Gasteiger partial charge in [-0.3, -0.25) is 9.08 Å². The maximum absolute atomic E-state index is 12.6. The van der Waals surface area contributed by atoms with E-state index < -0.39 is 16.2 Å². The summed E-state index contributed by atoms with van der Waals surface area (Å²) in [5.41, 5.74) is 3.15. The van der Waals surface area contributed by atoms with Crippen molar-refractivity contribution in [1.29, 1.82) is 0 Å². The summed E-state index contributed by atoms with van der Waals surface area (Å²) in [5, 5.41) is 9.97. The highest BCUT2D eigenvalue weighted by molar-refractivity contribution is 7.86. The highest BCUT2D eigenvalue weighted by Crippen LogP contribution is 2.37. The molecule has 194 valence electrons. The van der Waals surface area contributed by atoms with Crippen LogP contribution in [0.3, 0.4) is 0 Å². The molecule has 36 heavy (non-hydrogen) atoms. The number of halogens is 1. The van der Waals surface area contributed by atoms with Crippen molar-refractivity contribution in [2.45, 2.75) is 24.8 Å².